The van der Waals surface area contributed by atoms with E-state index >= 15 is 0 Å². The number of aromatic nitrogens is 1. The standard InChI is InChI=1S/C23H25N3O3/c1-15-5-6-16(2)21(13-15)24-22(27)14-29-20-11-9-19(10-12-20)23(28)25-26-17(3)7-8-18(26)4/h5-13H,14H2,1-4H3,(H,24,27)(H,25,28). The maximum atomic E-state index is 12.4. The van der Waals surface area contributed by atoms with Gasteiger partial charge in [-0.05, 0) is 81.3 Å². The summed E-state index contributed by atoms with van der Waals surface area (Å²) in [6.07, 6.45) is 0. The van der Waals surface area contributed by atoms with Crippen LogP contribution >= 0.6 is 0 Å². The van der Waals surface area contributed by atoms with Gasteiger partial charge in [0, 0.05) is 22.6 Å². The molecule has 1 aromatic heterocycles. The van der Waals surface area contributed by atoms with Gasteiger partial charge >= 0.3 is 0 Å². The van der Waals surface area contributed by atoms with Crippen LogP contribution in [0.2, 0.25) is 0 Å². The van der Waals surface area contributed by atoms with Crippen molar-refractivity contribution in [3.8, 4) is 5.75 Å². The molecule has 0 bridgehead atoms. The fraction of sp³-hybridized carbons (Fsp3) is 0.217. The van der Waals surface area contributed by atoms with Crippen molar-refractivity contribution in [2.24, 2.45) is 0 Å². The summed E-state index contributed by atoms with van der Waals surface area (Å²) in [6, 6.07) is 16.5. The topological polar surface area (TPSA) is 72.4 Å². The zero-order valence-corrected chi connectivity index (χ0v) is 17.1. The molecule has 0 aliphatic heterocycles. The minimum atomic E-state index is -0.237. The van der Waals surface area contributed by atoms with E-state index in [9.17, 15) is 9.59 Å². The van der Waals surface area contributed by atoms with Gasteiger partial charge in [0.25, 0.3) is 11.8 Å². The van der Waals surface area contributed by atoms with Crippen molar-refractivity contribution in [2.75, 3.05) is 17.3 Å². The number of aryl methyl sites for hydroxylation is 4. The molecule has 6 heteroatoms. The van der Waals surface area contributed by atoms with Crippen molar-refractivity contribution >= 4 is 17.5 Å². The molecule has 0 radical (unpaired) electrons. The Balaban J connectivity index is 1.55. The van der Waals surface area contributed by atoms with Gasteiger partial charge in [0.15, 0.2) is 6.61 Å². The summed E-state index contributed by atoms with van der Waals surface area (Å²) in [4.78, 5) is 24.6. The van der Waals surface area contributed by atoms with Gasteiger partial charge in [-0.3, -0.25) is 19.7 Å². The lowest BCUT2D eigenvalue weighted by Crippen LogP contribution is -2.24. The SMILES string of the molecule is Cc1ccc(C)c(NC(=O)COc2ccc(C(=O)Nn3c(C)ccc3C)cc2)c1. The molecule has 2 N–H and O–H groups in total. The Hall–Kier alpha value is -3.54. The van der Waals surface area contributed by atoms with Crippen LogP contribution in [0.25, 0.3) is 0 Å². The summed E-state index contributed by atoms with van der Waals surface area (Å²) in [5, 5.41) is 2.86. The monoisotopic (exact) mass is 391 g/mol. The molecule has 150 valence electrons. The van der Waals surface area contributed by atoms with Gasteiger partial charge in [0.2, 0.25) is 0 Å². The predicted octanol–water partition coefficient (Wildman–Crippen LogP) is 4.12. The number of ether oxygens (including phenoxy) is 1. The van der Waals surface area contributed by atoms with Gasteiger partial charge in [-0.25, -0.2) is 0 Å². The van der Waals surface area contributed by atoms with E-state index in [4.69, 9.17) is 4.74 Å². The molecule has 1 heterocycles. The number of carbonyl (C=O) groups is 2. The number of hydrogen-bond donors (Lipinski definition) is 2. The van der Waals surface area contributed by atoms with E-state index in [0.29, 0.717) is 11.3 Å². The van der Waals surface area contributed by atoms with Gasteiger partial charge in [-0.1, -0.05) is 12.1 Å². The lowest BCUT2D eigenvalue weighted by Gasteiger charge is -2.12. The number of benzene rings is 2. The molecular weight excluding hydrogens is 366 g/mol. The normalized spacial score (nSPS) is 10.5. The molecule has 0 saturated carbocycles. The quantitative estimate of drug-likeness (QED) is 0.664. The maximum Gasteiger partial charge on any atom is 0.270 e. The number of anilines is 1. The first kappa shape index (κ1) is 20.2. The molecule has 29 heavy (non-hydrogen) atoms. The molecule has 0 spiro atoms. The lowest BCUT2D eigenvalue weighted by molar-refractivity contribution is -0.118. The Morgan fingerprint density at radius 3 is 2.21 bits per heavy atom. The first-order valence-electron chi connectivity index (χ1n) is 9.40. The van der Waals surface area contributed by atoms with Gasteiger partial charge in [-0.2, -0.15) is 0 Å². The Labute approximate surface area is 170 Å². The van der Waals surface area contributed by atoms with E-state index < -0.39 is 0 Å². The van der Waals surface area contributed by atoms with Crippen LogP contribution in [0.15, 0.2) is 54.6 Å². The van der Waals surface area contributed by atoms with Crippen LogP contribution in [0.1, 0.15) is 32.9 Å². The Morgan fingerprint density at radius 1 is 0.897 bits per heavy atom. The zero-order chi connectivity index (χ0) is 21.0. The molecule has 0 aliphatic rings. The molecule has 3 rings (SSSR count). The molecule has 2 aromatic carbocycles. The number of nitrogens with one attached hydrogen (secondary N) is 2. The molecule has 6 nitrogen and oxygen atoms in total. The number of carbonyl (C=O) groups excluding carboxylic acids is 2. The number of nitrogens with zero attached hydrogens (tertiary/aromatic N) is 1. The summed E-state index contributed by atoms with van der Waals surface area (Å²) in [5.41, 5.74) is 8.11. The molecule has 0 unspecified atom stereocenters. The first-order chi connectivity index (χ1) is 13.8. The molecule has 3 aromatic rings. The highest BCUT2D eigenvalue weighted by molar-refractivity contribution is 6.00. The predicted molar refractivity (Wildman–Crippen MR) is 114 cm³/mol. The average molecular weight is 391 g/mol. The number of hydrogen-bond acceptors (Lipinski definition) is 3. The summed E-state index contributed by atoms with van der Waals surface area (Å²) in [7, 11) is 0. The van der Waals surface area contributed by atoms with Crippen molar-refractivity contribution in [2.45, 2.75) is 27.7 Å². The summed E-state index contributed by atoms with van der Waals surface area (Å²) in [5.74, 6) is 0.0664. The minimum absolute atomic E-state index is 0.110. The summed E-state index contributed by atoms with van der Waals surface area (Å²) in [6.45, 7) is 7.65. The van der Waals surface area contributed by atoms with Gasteiger partial charge in [0.05, 0.1) is 0 Å². The highest BCUT2D eigenvalue weighted by atomic mass is 16.5. The molecular formula is C23H25N3O3. The fourth-order valence-corrected chi connectivity index (χ4v) is 2.92. The van der Waals surface area contributed by atoms with Crippen LogP contribution < -0.4 is 15.5 Å². The Kier molecular flexibility index (Phi) is 6.02. The van der Waals surface area contributed by atoms with Crippen molar-refractivity contribution in [1.82, 2.24) is 4.68 Å². The lowest BCUT2D eigenvalue weighted by atomic mass is 10.1. The first-order valence-corrected chi connectivity index (χ1v) is 9.40. The summed E-state index contributed by atoms with van der Waals surface area (Å²) >= 11 is 0. The zero-order valence-electron chi connectivity index (χ0n) is 17.1. The highest BCUT2D eigenvalue weighted by Crippen LogP contribution is 2.17. The number of amides is 2. The highest BCUT2D eigenvalue weighted by Gasteiger charge is 2.10. The third kappa shape index (κ3) is 5.04. The molecule has 0 saturated heterocycles. The van der Waals surface area contributed by atoms with Crippen molar-refractivity contribution in [1.29, 1.82) is 0 Å². The van der Waals surface area contributed by atoms with Crippen LogP contribution in [0.4, 0.5) is 5.69 Å². The van der Waals surface area contributed by atoms with Gasteiger partial charge in [-0.15, -0.1) is 0 Å². The molecule has 0 fully saturated rings. The fourth-order valence-electron chi connectivity index (χ4n) is 2.92. The van der Waals surface area contributed by atoms with Crippen LogP contribution in [0.5, 0.6) is 5.75 Å². The molecule has 0 atom stereocenters. The molecule has 0 aliphatic carbocycles. The van der Waals surface area contributed by atoms with E-state index in [-0.39, 0.29) is 18.4 Å². The minimum Gasteiger partial charge on any atom is -0.484 e. The van der Waals surface area contributed by atoms with Crippen LogP contribution in [-0.2, 0) is 4.79 Å². The van der Waals surface area contributed by atoms with Crippen LogP contribution in [0.3, 0.4) is 0 Å². The van der Waals surface area contributed by atoms with Crippen molar-refractivity contribution in [3.63, 3.8) is 0 Å². The molecule has 2 amide bonds. The smallest absolute Gasteiger partial charge is 0.270 e. The van der Waals surface area contributed by atoms with Gasteiger partial charge < -0.3 is 10.1 Å². The van der Waals surface area contributed by atoms with E-state index in [1.807, 2.05) is 58.0 Å². The Bertz CT molecular complexity index is 1020. The third-order valence-electron chi connectivity index (χ3n) is 4.64. The number of rotatable bonds is 6. The van der Waals surface area contributed by atoms with E-state index in [0.717, 1.165) is 28.2 Å². The summed E-state index contributed by atoms with van der Waals surface area (Å²) < 4.78 is 7.28. The van der Waals surface area contributed by atoms with Crippen LogP contribution in [0, 0.1) is 27.7 Å². The van der Waals surface area contributed by atoms with Crippen molar-refractivity contribution < 1.29 is 14.3 Å². The second-order valence-electron chi connectivity index (χ2n) is 7.07. The van der Waals surface area contributed by atoms with Crippen LogP contribution in [-0.4, -0.2) is 23.1 Å². The average Bonchev–Trinajstić information content (AvgIpc) is 3.01. The third-order valence-corrected chi connectivity index (χ3v) is 4.64. The maximum absolute atomic E-state index is 12.4. The van der Waals surface area contributed by atoms with E-state index in [2.05, 4.69) is 10.7 Å². The second kappa shape index (κ2) is 8.65. The van der Waals surface area contributed by atoms with E-state index in [1.165, 1.54) is 0 Å². The largest absolute Gasteiger partial charge is 0.484 e. The second-order valence-corrected chi connectivity index (χ2v) is 7.07. The van der Waals surface area contributed by atoms with Gasteiger partial charge in [0.1, 0.15) is 5.75 Å². The van der Waals surface area contributed by atoms with Crippen molar-refractivity contribution in [3.05, 3.63) is 82.7 Å². The van der Waals surface area contributed by atoms with E-state index in [1.54, 1.807) is 28.9 Å². The Morgan fingerprint density at radius 2 is 1.55 bits per heavy atom.